The van der Waals surface area contributed by atoms with Crippen LogP contribution in [0.2, 0.25) is 0 Å². The van der Waals surface area contributed by atoms with Crippen molar-refractivity contribution in [1.82, 2.24) is 19.4 Å². The topological polar surface area (TPSA) is 140 Å². The van der Waals surface area contributed by atoms with Crippen LogP contribution in [-0.2, 0) is 16.1 Å². The van der Waals surface area contributed by atoms with Gasteiger partial charge in [-0.3, -0.25) is 14.2 Å². The minimum Gasteiger partial charge on any atom is -0.444 e. The number of halogens is 2. The number of nitrogen functional groups attached to an aromatic ring is 1. The maximum absolute atomic E-state index is 15.8. The second-order valence-electron chi connectivity index (χ2n) is 12.9. The van der Waals surface area contributed by atoms with Gasteiger partial charge in [0.25, 0.3) is 11.5 Å². The van der Waals surface area contributed by atoms with Crippen molar-refractivity contribution in [3.05, 3.63) is 82.9 Å². The van der Waals surface area contributed by atoms with E-state index in [1.807, 2.05) is 30.3 Å². The molecule has 0 spiro atoms. The van der Waals surface area contributed by atoms with Gasteiger partial charge in [-0.1, -0.05) is 48.5 Å². The Balaban J connectivity index is 1.30. The lowest BCUT2D eigenvalue weighted by molar-refractivity contribution is -0.223. The van der Waals surface area contributed by atoms with Gasteiger partial charge < -0.3 is 30.1 Å². The number of alkyl halides is 2. The van der Waals surface area contributed by atoms with Crippen LogP contribution in [0, 0.1) is 5.92 Å². The summed E-state index contributed by atoms with van der Waals surface area (Å²) in [7, 11) is 0. The average Bonchev–Trinajstić information content (AvgIpc) is 3.02. The third-order valence-electron chi connectivity index (χ3n) is 8.41. The summed E-state index contributed by atoms with van der Waals surface area (Å²) in [6, 6.07) is 17.7. The van der Waals surface area contributed by atoms with Crippen molar-refractivity contribution in [2.24, 2.45) is 5.92 Å². The van der Waals surface area contributed by atoms with Crippen LogP contribution < -0.4 is 16.0 Å². The van der Waals surface area contributed by atoms with Gasteiger partial charge in [-0.15, -0.1) is 0 Å². The molecular weight excluding hydrogens is 600 g/mol. The standard InChI is InChI=1S/C33H39F2N5O6/c1-31(2,3)46-30(43)38-16-14-24(25(18-38)22-10-6-4-7-11-22)28(41)39-17-15-32(44,33(34,35)20-39)19-40-21-37-27(26(36)29(40)42)45-23-12-8-5-9-13-23/h4-13,21,24-25,44H,14-20,36H2,1-3H3/t24-,25+,32+/m1/s1. The Morgan fingerprint density at radius 1 is 1.04 bits per heavy atom. The Kier molecular flexibility index (Phi) is 9.07. The summed E-state index contributed by atoms with van der Waals surface area (Å²) in [6.45, 7) is 3.73. The van der Waals surface area contributed by atoms with Crippen LogP contribution in [-0.4, -0.2) is 79.8 Å². The van der Waals surface area contributed by atoms with Crippen molar-refractivity contribution in [3.8, 4) is 11.6 Å². The maximum atomic E-state index is 15.8. The van der Waals surface area contributed by atoms with E-state index in [0.29, 0.717) is 5.75 Å². The number of nitrogens with two attached hydrogens (primary N) is 1. The highest BCUT2D eigenvalue weighted by molar-refractivity contribution is 5.81. The maximum Gasteiger partial charge on any atom is 0.410 e. The molecule has 3 atom stereocenters. The van der Waals surface area contributed by atoms with E-state index in [1.54, 1.807) is 56.0 Å². The smallest absolute Gasteiger partial charge is 0.410 e. The molecule has 3 heterocycles. The lowest BCUT2D eigenvalue weighted by Crippen LogP contribution is -2.64. The minimum absolute atomic E-state index is 0.161. The highest BCUT2D eigenvalue weighted by Gasteiger charge is 2.58. The van der Waals surface area contributed by atoms with E-state index >= 15 is 8.78 Å². The number of likely N-dealkylation sites (tertiary alicyclic amines) is 2. The Bertz CT molecular complexity index is 1610. The van der Waals surface area contributed by atoms with Crippen molar-refractivity contribution >= 4 is 17.7 Å². The molecule has 0 radical (unpaired) electrons. The Hall–Kier alpha value is -4.52. The van der Waals surface area contributed by atoms with Gasteiger partial charge in [-0.05, 0) is 44.9 Å². The number of hydrogen-bond acceptors (Lipinski definition) is 8. The molecule has 2 saturated heterocycles. The summed E-state index contributed by atoms with van der Waals surface area (Å²) in [4.78, 5) is 46.3. The number of benzene rings is 2. The van der Waals surface area contributed by atoms with Crippen LogP contribution in [0.1, 0.15) is 45.1 Å². The fourth-order valence-corrected chi connectivity index (χ4v) is 5.93. The Morgan fingerprint density at radius 3 is 2.33 bits per heavy atom. The number of hydrogen-bond donors (Lipinski definition) is 2. The van der Waals surface area contributed by atoms with Crippen molar-refractivity contribution < 1.29 is 33.0 Å². The summed E-state index contributed by atoms with van der Waals surface area (Å²) in [6.07, 6.45) is 0.263. The number of aromatic nitrogens is 2. The number of amides is 2. The van der Waals surface area contributed by atoms with E-state index in [2.05, 4.69) is 4.98 Å². The van der Waals surface area contributed by atoms with Crippen molar-refractivity contribution in [3.63, 3.8) is 0 Å². The minimum atomic E-state index is -3.77. The Morgan fingerprint density at radius 2 is 1.70 bits per heavy atom. The first-order valence-corrected chi connectivity index (χ1v) is 15.2. The van der Waals surface area contributed by atoms with E-state index in [0.717, 1.165) is 21.4 Å². The molecule has 2 aliphatic rings. The van der Waals surface area contributed by atoms with Gasteiger partial charge in [0.2, 0.25) is 11.8 Å². The molecule has 0 unspecified atom stereocenters. The molecule has 3 aromatic rings. The number of rotatable bonds is 6. The monoisotopic (exact) mass is 639 g/mol. The summed E-state index contributed by atoms with van der Waals surface area (Å²) < 4.78 is 43.4. The van der Waals surface area contributed by atoms with E-state index in [-0.39, 0.29) is 31.9 Å². The number of anilines is 1. The predicted octanol–water partition coefficient (Wildman–Crippen LogP) is 4.26. The number of carbonyl (C=O) groups is 2. The first-order valence-electron chi connectivity index (χ1n) is 15.2. The van der Waals surface area contributed by atoms with E-state index in [4.69, 9.17) is 15.2 Å². The molecule has 2 fully saturated rings. The molecule has 0 aliphatic carbocycles. The molecule has 0 saturated carbocycles. The third kappa shape index (κ3) is 6.99. The molecular formula is C33H39F2N5O6. The molecule has 2 amide bonds. The normalized spacial score (nSPS) is 23.1. The summed E-state index contributed by atoms with van der Waals surface area (Å²) in [5.41, 5.74) is 2.15. The van der Waals surface area contributed by atoms with Gasteiger partial charge in [0.05, 0.1) is 13.1 Å². The first kappa shape index (κ1) is 32.9. The van der Waals surface area contributed by atoms with Crippen LogP contribution in [0.4, 0.5) is 19.3 Å². The highest BCUT2D eigenvalue weighted by atomic mass is 19.3. The fraction of sp³-hybridized carbons (Fsp3) is 0.455. The van der Waals surface area contributed by atoms with E-state index < -0.39 is 71.7 Å². The van der Waals surface area contributed by atoms with Gasteiger partial charge in [-0.2, -0.15) is 0 Å². The van der Waals surface area contributed by atoms with Crippen molar-refractivity contribution in [2.75, 3.05) is 31.9 Å². The molecule has 11 nitrogen and oxygen atoms in total. The lowest BCUT2D eigenvalue weighted by atomic mass is 9.79. The third-order valence-corrected chi connectivity index (χ3v) is 8.41. The number of para-hydroxylation sites is 1. The van der Waals surface area contributed by atoms with Gasteiger partial charge in [0.15, 0.2) is 5.69 Å². The first-order chi connectivity index (χ1) is 21.7. The number of ether oxygens (including phenoxy) is 2. The molecule has 0 bridgehead atoms. The highest BCUT2D eigenvalue weighted by Crippen LogP contribution is 2.41. The lowest BCUT2D eigenvalue weighted by Gasteiger charge is -2.46. The molecule has 13 heteroatoms. The SMILES string of the molecule is CC(C)(C)OC(=O)N1CC[C@@H](C(=O)N2CC[C@](O)(Cn3cnc(Oc4ccccc4)c(N)c3=O)C(F)(F)C2)[C@H](c2ccccc2)C1. The molecule has 46 heavy (non-hydrogen) atoms. The molecule has 2 aromatic carbocycles. The molecule has 3 N–H and O–H groups in total. The number of nitrogens with zero attached hydrogens (tertiary/aromatic N) is 4. The number of aliphatic hydroxyl groups is 1. The van der Waals surface area contributed by atoms with Crippen LogP contribution >= 0.6 is 0 Å². The largest absolute Gasteiger partial charge is 0.444 e. The zero-order valence-corrected chi connectivity index (χ0v) is 26.1. The Labute approximate surface area is 265 Å². The van der Waals surface area contributed by atoms with E-state index in [9.17, 15) is 19.5 Å². The number of piperidine rings is 2. The van der Waals surface area contributed by atoms with Gasteiger partial charge in [0.1, 0.15) is 23.3 Å². The van der Waals surface area contributed by atoms with Crippen molar-refractivity contribution in [2.45, 2.75) is 63.2 Å². The van der Waals surface area contributed by atoms with Gasteiger partial charge in [-0.25, -0.2) is 18.6 Å². The van der Waals surface area contributed by atoms with Crippen LogP contribution in [0.5, 0.6) is 11.6 Å². The van der Waals surface area contributed by atoms with Gasteiger partial charge >= 0.3 is 6.09 Å². The summed E-state index contributed by atoms with van der Waals surface area (Å²) in [5.74, 6) is -5.18. The van der Waals surface area contributed by atoms with Crippen LogP contribution in [0.3, 0.4) is 0 Å². The molecule has 1 aromatic heterocycles. The zero-order chi connectivity index (χ0) is 33.3. The zero-order valence-electron chi connectivity index (χ0n) is 26.1. The van der Waals surface area contributed by atoms with E-state index in [1.165, 1.54) is 0 Å². The van der Waals surface area contributed by atoms with Crippen LogP contribution in [0.15, 0.2) is 71.8 Å². The molecule has 246 valence electrons. The van der Waals surface area contributed by atoms with Crippen molar-refractivity contribution in [1.29, 1.82) is 0 Å². The quantitative estimate of drug-likeness (QED) is 0.408. The van der Waals surface area contributed by atoms with Crippen LogP contribution in [0.25, 0.3) is 0 Å². The summed E-state index contributed by atoms with van der Waals surface area (Å²) >= 11 is 0. The summed E-state index contributed by atoms with van der Waals surface area (Å²) in [5, 5.41) is 11.2. The average molecular weight is 640 g/mol. The predicted molar refractivity (Wildman–Crippen MR) is 166 cm³/mol. The second kappa shape index (κ2) is 12.7. The fourth-order valence-electron chi connectivity index (χ4n) is 5.93. The molecule has 2 aliphatic heterocycles. The number of carbonyl (C=O) groups excluding carboxylic acids is 2. The second-order valence-corrected chi connectivity index (χ2v) is 12.9. The molecule has 5 rings (SSSR count). The van der Waals surface area contributed by atoms with Gasteiger partial charge in [0, 0.05) is 37.9 Å².